The zero-order valence-electron chi connectivity index (χ0n) is 18.9. The normalized spacial score (nSPS) is 13.9. The van der Waals surface area contributed by atoms with Crippen LogP contribution in [0.4, 0.5) is 24.5 Å². The Balaban J connectivity index is 0.000000540. The van der Waals surface area contributed by atoms with Crippen molar-refractivity contribution in [3.05, 3.63) is 54.1 Å². The lowest BCUT2D eigenvalue weighted by Gasteiger charge is -2.31. The average Bonchev–Trinajstić information content (AvgIpc) is 2.83. The van der Waals surface area contributed by atoms with Crippen molar-refractivity contribution >= 4 is 33.3 Å². The Morgan fingerprint density at radius 3 is 2.23 bits per heavy atom. The maximum atomic E-state index is 12.8. The van der Waals surface area contributed by atoms with E-state index in [1.807, 2.05) is 13.0 Å². The molecule has 2 aromatic rings. The number of sulfonamides is 1. The van der Waals surface area contributed by atoms with E-state index in [0.717, 1.165) is 38.3 Å². The van der Waals surface area contributed by atoms with Gasteiger partial charge in [-0.25, -0.2) is 13.2 Å². The Kier molecular flexibility index (Phi) is 9.89. The Morgan fingerprint density at radius 1 is 1.09 bits per heavy atom. The highest BCUT2D eigenvalue weighted by Gasteiger charge is 2.38. The summed E-state index contributed by atoms with van der Waals surface area (Å²) < 4.78 is 60.1. The lowest BCUT2D eigenvalue weighted by atomic mass is 10.1. The third-order valence-corrected chi connectivity index (χ3v) is 6.17. The maximum absolute atomic E-state index is 12.8. The third kappa shape index (κ3) is 8.44. The van der Waals surface area contributed by atoms with Gasteiger partial charge in [0.2, 0.25) is 0 Å². The van der Waals surface area contributed by atoms with Gasteiger partial charge in [0.25, 0.3) is 15.9 Å². The Hall–Kier alpha value is -3.32. The van der Waals surface area contributed by atoms with Crippen LogP contribution in [-0.2, 0) is 14.8 Å². The number of piperazine rings is 1. The minimum atomic E-state index is -5.08. The molecule has 0 spiro atoms. The van der Waals surface area contributed by atoms with Crippen LogP contribution in [0.5, 0.6) is 0 Å². The molecule has 0 radical (unpaired) electrons. The van der Waals surface area contributed by atoms with Gasteiger partial charge < -0.3 is 20.6 Å². The number of anilines is 2. The highest BCUT2D eigenvalue weighted by atomic mass is 32.2. The number of amides is 1. The van der Waals surface area contributed by atoms with Crippen LogP contribution in [0, 0.1) is 0 Å². The van der Waals surface area contributed by atoms with Crippen LogP contribution in [0.2, 0.25) is 0 Å². The van der Waals surface area contributed by atoms with Gasteiger partial charge in [0.15, 0.2) is 0 Å². The topological polar surface area (TPSA) is 128 Å². The molecule has 1 aliphatic rings. The first-order valence-electron chi connectivity index (χ1n) is 10.7. The third-order valence-electron chi connectivity index (χ3n) is 4.79. The van der Waals surface area contributed by atoms with E-state index in [1.165, 1.54) is 0 Å². The minimum absolute atomic E-state index is 0.182. The second kappa shape index (κ2) is 12.4. The van der Waals surface area contributed by atoms with E-state index >= 15 is 0 Å². The number of benzene rings is 2. The van der Waals surface area contributed by atoms with Gasteiger partial charge in [-0.3, -0.25) is 9.52 Å². The van der Waals surface area contributed by atoms with Crippen LogP contribution in [0.1, 0.15) is 23.7 Å². The van der Waals surface area contributed by atoms with E-state index < -0.39 is 22.2 Å². The molecular formula is C22H27F3N4O5S. The Labute approximate surface area is 201 Å². The summed E-state index contributed by atoms with van der Waals surface area (Å²) in [5.74, 6) is -2.97. The van der Waals surface area contributed by atoms with Crippen molar-refractivity contribution in [1.82, 2.24) is 10.6 Å². The summed E-state index contributed by atoms with van der Waals surface area (Å²) in [5, 5.41) is 13.2. The van der Waals surface area contributed by atoms with Gasteiger partial charge in [-0.2, -0.15) is 13.2 Å². The van der Waals surface area contributed by atoms with Crippen molar-refractivity contribution in [3.63, 3.8) is 0 Å². The van der Waals surface area contributed by atoms with E-state index in [0.29, 0.717) is 17.8 Å². The Morgan fingerprint density at radius 2 is 1.69 bits per heavy atom. The molecule has 9 nitrogen and oxygen atoms in total. The highest BCUT2D eigenvalue weighted by Crippen LogP contribution is 2.30. The van der Waals surface area contributed by atoms with Crippen LogP contribution in [0.3, 0.4) is 0 Å². The maximum Gasteiger partial charge on any atom is 0.490 e. The van der Waals surface area contributed by atoms with Gasteiger partial charge in [0, 0.05) is 38.3 Å². The first-order chi connectivity index (χ1) is 16.5. The van der Waals surface area contributed by atoms with Crippen LogP contribution >= 0.6 is 0 Å². The molecule has 0 saturated carbocycles. The molecular weight excluding hydrogens is 489 g/mol. The molecule has 0 atom stereocenters. The molecule has 1 heterocycles. The predicted octanol–water partition coefficient (Wildman–Crippen LogP) is 2.67. The molecule has 1 amide bonds. The number of nitrogens with one attached hydrogen (secondary N) is 3. The van der Waals surface area contributed by atoms with Crippen LogP contribution in [0.15, 0.2) is 53.4 Å². The summed E-state index contributed by atoms with van der Waals surface area (Å²) in [4.78, 5) is 23.6. The van der Waals surface area contributed by atoms with Crippen molar-refractivity contribution in [2.45, 2.75) is 24.4 Å². The number of carbonyl (C=O) groups excluding carboxylic acids is 1. The largest absolute Gasteiger partial charge is 0.490 e. The molecule has 13 heteroatoms. The fourth-order valence-electron chi connectivity index (χ4n) is 3.08. The van der Waals surface area contributed by atoms with Crippen molar-refractivity contribution in [2.75, 3.05) is 42.3 Å². The first-order valence-corrected chi connectivity index (χ1v) is 12.2. The second-order valence-corrected chi connectivity index (χ2v) is 9.13. The molecule has 0 aliphatic carbocycles. The fraction of sp³-hybridized carbons (Fsp3) is 0.364. The molecule has 1 aliphatic heterocycles. The first kappa shape index (κ1) is 27.9. The number of aliphatic carboxylic acids is 1. The fourth-order valence-corrected chi connectivity index (χ4v) is 4.17. The SMILES string of the molecule is CCCNC(=O)c1ccc(N2CCNCC2)c(NS(=O)(=O)c2ccccc2)c1.O=C(O)C(F)(F)F. The smallest absolute Gasteiger partial charge is 0.475 e. The molecule has 0 unspecified atom stereocenters. The lowest BCUT2D eigenvalue weighted by molar-refractivity contribution is -0.192. The van der Waals surface area contributed by atoms with Gasteiger partial charge in [-0.15, -0.1) is 0 Å². The van der Waals surface area contributed by atoms with Crippen molar-refractivity contribution in [2.24, 2.45) is 0 Å². The summed E-state index contributed by atoms with van der Waals surface area (Å²) >= 11 is 0. The number of hydrogen-bond donors (Lipinski definition) is 4. The van der Waals surface area contributed by atoms with Crippen molar-refractivity contribution in [3.8, 4) is 0 Å². The molecule has 35 heavy (non-hydrogen) atoms. The number of halogens is 3. The number of nitrogens with zero attached hydrogens (tertiary/aromatic N) is 1. The highest BCUT2D eigenvalue weighted by molar-refractivity contribution is 7.92. The number of alkyl halides is 3. The number of carbonyl (C=O) groups is 2. The summed E-state index contributed by atoms with van der Waals surface area (Å²) in [7, 11) is -3.76. The summed E-state index contributed by atoms with van der Waals surface area (Å²) in [6.07, 6.45) is -4.25. The predicted molar refractivity (Wildman–Crippen MR) is 125 cm³/mol. The van der Waals surface area contributed by atoms with E-state index in [-0.39, 0.29) is 10.8 Å². The molecule has 4 N–H and O–H groups in total. The zero-order valence-corrected chi connectivity index (χ0v) is 19.7. The van der Waals surface area contributed by atoms with Gasteiger partial charge >= 0.3 is 12.1 Å². The van der Waals surface area contributed by atoms with E-state index in [9.17, 15) is 26.4 Å². The van der Waals surface area contributed by atoms with Gasteiger partial charge in [0.1, 0.15) is 0 Å². The average molecular weight is 517 g/mol. The van der Waals surface area contributed by atoms with Crippen LogP contribution < -0.4 is 20.3 Å². The summed E-state index contributed by atoms with van der Waals surface area (Å²) in [5.41, 5.74) is 1.61. The molecule has 0 aromatic heterocycles. The number of carboxylic acids is 1. The molecule has 192 valence electrons. The second-order valence-electron chi connectivity index (χ2n) is 7.45. The molecule has 0 bridgehead atoms. The molecule has 2 aromatic carbocycles. The molecule has 3 rings (SSSR count). The number of rotatable bonds is 7. The number of hydrogen-bond acceptors (Lipinski definition) is 6. The lowest BCUT2D eigenvalue weighted by Crippen LogP contribution is -2.43. The quantitative estimate of drug-likeness (QED) is 0.446. The van der Waals surface area contributed by atoms with Gasteiger partial charge in [-0.1, -0.05) is 25.1 Å². The van der Waals surface area contributed by atoms with E-state index in [2.05, 4.69) is 20.3 Å². The number of carboxylic acid groups (broad SMARTS) is 1. The Bertz CT molecular complexity index is 1110. The van der Waals surface area contributed by atoms with E-state index in [1.54, 1.807) is 42.5 Å². The zero-order chi connectivity index (χ0) is 26.1. The van der Waals surface area contributed by atoms with Crippen LogP contribution in [0.25, 0.3) is 0 Å². The van der Waals surface area contributed by atoms with Gasteiger partial charge in [-0.05, 0) is 36.8 Å². The van der Waals surface area contributed by atoms with Gasteiger partial charge in [0.05, 0.1) is 16.3 Å². The van der Waals surface area contributed by atoms with Crippen LogP contribution in [-0.4, -0.2) is 64.3 Å². The monoisotopic (exact) mass is 516 g/mol. The standard InChI is InChI=1S/C20H26N4O3S.C2HF3O2/c1-2-10-22-20(25)16-8-9-19(24-13-11-21-12-14-24)18(15-16)23-28(26,27)17-6-4-3-5-7-17;3-2(4,5)1(6)7/h3-9,15,21,23H,2,10-14H2,1H3,(H,22,25);(H,6,7). The molecule has 1 fully saturated rings. The minimum Gasteiger partial charge on any atom is -0.475 e. The van der Waals surface area contributed by atoms with Crippen molar-refractivity contribution in [1.29, 1.82) is 0 Å². The van der Waals surface area contributed by atoms with Crippen molar-refractivity contribution < 1.29 is 36.3 Å². The summed E-state index contributed by atoms with van der Waals surface area (Å²) in [6.45, 7) is 5.73. The van der Waals surface area contributed by atoms with E-state index in [4.69, 9.17) is 9.90 Å². The summed E-state index contributed by atoms with van der Waals surface area (Å²) in [6, 6.07) is 13.4. The molecule has 1 saturated heterocycles.